The topological polar surface area (TPSA) is 67.2 Å². The first-order valence-corrected chi connectivity index (χ1v) is 10.4. The number of nitrogens with one attached hydrogen (secondary N) is 1. The fourth-order valence-electron chi connectivity index (χ4n) is 3.59. The number of halogens is 1. The third-order valence-electron chi connectivity index (χ3n) is 5.19. The second-order valence-electron chi connectivity index (χ2n) is 7.20. The Morgan fingerprint density at radius 3 is 2.69 bits per heavy atom. The number of rotatable bonds is 5. The summed E-state index contributed by atoms with van der Waals surface area (Å²) in [5.74, 6) is 0.325. The summed E-state index contributed by atoms with van der Waals surface area (Å²) in [7, 11) is 1.63. The SMILES string of the molecule is CNC(=O)c1c2cc(C3CC3)c(C(C)=C=CCO)cc2nn1-c1ccc(Br)cc1. The smallest absolute Gasteiger partial charge is 0.270 e. The Bertz CT molecular complexity index is 1150. The average Bonchev–Trinajstić information content (AvgIpc) is 3.51. The largest absolute Gasteiger partial charge is 0.392 e. The van der Waals surface area contributed by atoms with Crippen LogP contribution in [0.2, 0.25) is 0 Å². The molecular formula is C23H22BrN3O2. The first kappa shape index (κ1) is 19.6. The van der Waals surface area contributed by atoms with E-state index in [2.05, 4.69) is 33.0 Å². The number of aromatic nitrogens is 2. The highest BCUT2D eigenvalue weighted by Gasteiger charge is 2.29. The second-order valence-corrected chi connectivity index (χ2v) is 8.12. The fraction of sp³-hybridized carbons (Fsp3) is 0.261. The third-order valence-corrected chi connectivity index (χ3v) is 5.72. The standard InChI is InChI=1S/C23H22BrN3O2/c1-14(4-3-11-28)18-13-21-20(12-19(18)15-5-6-15)22(23(29)25-2)27(26-21)17-9-7-16(24)8-10-17/h3,7-10,12-13,15,28H,5-6,11H2,1-2H3,(H,25,29). The van der Waals surface area contributed by atoms with Gasteiger partial charge in [-0.25, -0.2) is 4.68 Å². The molecule has 3 aromatic rings. The summed E-state index contributed by atoms with van der Waals surface area (Å²) in [4.78, 5) is 12.8. The van der Waals surface area contributed by atoms with E-state index in [0.717, 1.165) is 45.0 Å². The summed E-state index contributed by atoms with van der Waals surface area (Å²) in [6, 6.07) is 11.9. The van der Waals surface area contributed by atoms with Crippen LogP contribution in [0.3, 0.4) is 0 Å². The summed E-state index contributed by atoms with van der Waals surface area (Å²) in [5.41, 5.74) is 8.52. The van der Waals surface area contributed by atoms with Gasteiger partial charge in [0.25, 0.3) is 5.91 Å². The lowest BCUT2D eigenvalue weighted by atomic mass is 9.95. The van der Waals surface area contributed by atoms with Gasteiger partial charge in [0.05, 0.1) is 17.8 Å². The van der Waals surface area contributed by atoms with E-state index in [1.165, 1.54) is 5.56 Å². The first-order chi connectivity index (χ1) is 14.0. The van der Waals surface area contributed by atoms with Crippen LogP contribution in [0.25, 0.3) is 22.2 Å². The van der Waals surface area contributed by atoms with Gasteiger partial charge in [0.1, 0.15) is 5.69 Å². The zero-order valence-corrected chi connectivity index (χ0v) is 18.0. The molecule has 6 heteroatoms. The molecule has 1 fully saturated rings. The Morgan fingerprint density at radius 2 is 2.07 bits per heavy atom. The molecule has 0 bridgehead atoms. The minimum Gasteiger partial charge on any atom is -0.392 e. The molecule has 4 rings (SSSR count). The van der Waals surface area contributed by atoms with Gasteiger partial charge in [-0.15, -0.1) is 5.73 Å². The lowest BCUT2D eigenvalue weighted by Crippen LogP contribution is -2.21. The van der Waals surface area contributed by atoms with Crippen molar-refractivity contribution < 1.29 is 9.90 Å². The maximum absolute atomic E-state index is 12.8. The van der Waals surface area contributed by atoms with Crippen molar-refractivity contribution in [2.45, 2.75) is 25.7 Å². The van der Waals surface area contributed by atoms with Crippen LogP contribution in [-0.4, -0.2) is 34.4 Å². The number of fused-ring (bicyclic) bond motifs is 1. The maximum Gasteiger partial charge on any atom is 0.270 e. The van der Waals surface area contributed by atoms with Gasteiger partial charge in [0, 0.05) is 16.9 Å². The third kappa shape index (κ3) is 3.79. The summed E-state index contributed by atoms with van der Waals surface area (Å²) >= 11 is 3.45. The van der Waals surface area contributed by atoms with Crippen LogP contribution in [0.5, 0.6) is 0 Å². The van der Waals surface area contributed by atoms with Crippen LogP contribution < -0.4 is 5.32 Å². The Kier molecular flexibility index (Phi) is 5.41. The van der Waals surface area contributed by atoms with Crippen molar-refractivity contribution >= 4 is 38.3 Å². The number of carbonyl (C=O) groups excluding carboxylic acids is 1. The minimum atomic E-state index is -0.169. The van der Waals surface area contributed by atoms with Gasteiger partial charge in [0.15, 0.2) is 0 Å². The van der Waals surface area contributed by atoms with Crippen LogP contribution in [0.1, 0.15) is 47.3 Å². The van der Waals surface area contributed by atoms with Gasteiger partial charge in [-0.3, -0.25) is 4.79 Å². The van der Waals surface area contributed by atoms with E-state index in [9.17, 15) is 4.79 Å². The molecule has 1 heterocycles. The molecule has 0 atom stereocenters. The quantitative estimate of drug-likeness (QED) is 0.558. The van der Waals surface area contributed by atoms with E-state index in [4.69, 9.17) is 10.2 Å². The second kappa shape index (κ2) is 7.99. The zero-order chi connectivity index (χ0) is 20.5. The average molecular weight is 452 g/mol. The van der Waals surface area contributed by atoms with Gasteiger partial charge < -0.3 is 10.4 Å². The number of aliphatic hydroxyl groups is 1. The normalized spacial score (nSPS) is 13.2. The van der Waals surface area contributed by atoms with Crippen molar-refractivity contribution in [2.75, 3.05) is 13.7 Å². The molecule has 1 saturated carbocycles. The van der Waals surface area contributed by atoms with Crippen molar-refractivity contribution in [1.82, 2.24) is 15.1 Å². The molecule has 0 saturated heterocycles. The number of carbonyl (C=O) groups is 1. The van der Waals surface area contributed by atoms with Crippen molar-refractivity contribution in [3.63, 3.8) is 0 Å². The van der Waals surface area contributed by atoms with Crippen LogP contribution in [0.4, 0.5) is 0 Å². The maximum atomic E-state index is 12.8. The Hall–Kier alpha value is -2.66. The van der Waals surface area contributed by atoms with Crippen LogP contribution in [-0.2, 0) is 0 Å². The number of hydrogen-bond donors (Lipinski definition) is 2. The summed E-state index contributed by atoms with van der Waals surface area (Å²) in [5, 5.41) is 17.5. The highest BCUT2D eigenvalue weighted by Crippen LogP contribution is 2.44. The molecule has 2 N–H and O–H groups in total. The molecule has 0 unspecified atom stereocenters. The molecule has 0 spiro atoms. The van der Waals surface area contributed by atoms with E-state index in [0.29, 0.717) is 11.6 Å². The number of aliphatic hydroxyl groups excluding tert-OH is 1. The molecule has 1 amide bonds. The van der Waals surface area contributed by atoms with E-state index in [1.807, 2.05) is 37.3 Å². The molecule has 0 radical (unpaired) electrons. The van der Waals surface area contributed by atoms with Crippen LogP contribution in [0.15, 0.2) is 52.7 Å². The molecule has 29 heavy (non-hydrogen) atoms. The minimum absolute atomic E-state index is 0.0443. The molecular weight excluding hydrogens is 430 g/mol. The zero-order valence-electron chi connectivity index (χ0n) is 16.4. The van der Waals surface area contributed by atoms with Gasteiger partial charge in [-0.1, -0.05) is 15.9 Å². The molecule has 0 aliphatic heterocycles. The summed E-state index contributed by atoms with van der Waals surface area (Å²) < 4.78 is 2.67. The lowest BCUT2D eigenvalue weighted by molar-refractivity contribution is 0.0957. The molecule has 148 valence electrons. The van der Waals surface area contributed by atoms with E-state index >= 15 is 0 Å². The first-order valence-electron chi connectivity index (χ1n) is 9.61. The molecule has 5 nitrogen and oxygen atoms in total. The number of amides is 1. The summed E-state index contributed by atoms with van der Waals surface area (Å²) in [6.45, 7) is 1.95. The Morgan fingerprint density at radius 1 is 1.34 bits per heavy atom. The summed E-state index contributed by atoms with van der Waals surface area (Å²) in [6.07, 6.45) is 3.91. The molecule has 1 aromatic heterocycles. The molecule has 1 aliphatic rings. The van der Waals surface area contributed by atoms with E-state index in [-0.39, 0.29) is 12.5 Å². The van der Waals surface area contributed by atoms with E-state index < -0.39 is 0 Å². The number of nitrogens with zero attached hydrogens (tertiary/aromatic N) is 2. The Labute approximate surface area is 177 Å². The van der Waals surface area contributed by atoms with Gasteiger partial charge >= 0.3 is 0 Å². The van der Waals surface area contributed by atoms with Crippen molar-refractivity contribution in [1.29, 1.82) is 0 Å². The molecule has 2 aromatic carbocycles. The monoisotopic (exact) mass is 451 g/mol. The van der Waals surface area contributed by atoms with Gasteiger partial charge in [0.2, 0.25) is 0 Å². The van der Waals surface area contributed by atoms with Crippen molar-refractivity contribution in [3.05, 3.63) is 69.5 Å². The Balaban J connectivity index is 1.99. The van der Waals surface area contributed by atoms with Crippen molar-refractivity contribution in [2.24, 2.45) is 0 Å². The predicted molar refractivity (Wildman–Crippen MR) is 118 cm³/mol. The van der Waals surface area contributed by atoms with Gasteiger partial charge in [-0.05, 0) is 84.9 Å². The fourth-order valence-corrected chi connectivity index (χ4v) is 3.85. The van der Waals surface area contributed by atoms with Gasteiger partial charge in [-0.2, -0.15) is 5.10 Å². The lowest BCUT2D eigenvalue weighted by Gasteiger charge is -2.09. The highest BCUT2D eigenvalue weighted by atomic mass is 79.9. The molecule has 1 aliphatic carbocycles. The van der Waals surface area contributed by atoms with Crippen LogP contribution in [0, 0.1) is 0 Å². The predicted octanol–water partition coefficient (Wildman–Crippen LogP) is 4.58. The highest BCUT2D eigenvalue weighted by molar-refractivity contribution is 9.10. The van der Waals surface area contributed by atoms with Crippen molar-refractivity contribution in [3.8, 4) is 5.69 Å². The number of hydrogen-bond acceptors (Lipinski definition) is 3. The van der Waals surface area contributed by atoms with Crippen LogP contribution >= 0.6 is 15.9 Å². The number of benzene rings is 2. The van der Waals surface area contributed by atoms with E-state index in [1.54, 1.807) is 17.8 Å².